The minimum Gasteiger partial charge on any atom is -0.490 e. The van der Waals surface area contributed by atoms with Gasteiger partial charge in [-0.2, -0.15) is 5.26 Å². The van der Waals surface area contributed by atoms with Gasteiger partial charge in [-0.25, -0.2) is 0 Å². The number of aryl methyl sites for hydroxylation is 2. The summed E-state index contributed by atoms with van der Waals surface area (Å²) < 4.78 is 12.5. The molecule has 3 aromatic rings. The van der Waals surface area contributed by atoms with Crippen LogP contribution in [0.5, 0.6) is 11.5 Å². The van der Waals surface area contributed by atoms with E-state index in [-0.39, 0.29) is 5.57 Å². The normalized spacial score (nSPS) is 10.9. The standard InChI is InChI=1S/C27H25BrN2O3/c1-4-32-25-15-21(13-22(16-29)27(31)30-23-11-7-19(3)8-12-23)14-24(28)26(25)33-17-20-9-5-18(2)6-10-20/h5-15H,4,17H2,1-3H3,(H,30,31)/b22-13-. The maximum absolute atomic E-state index is 12.6. The van der Waals surface area contributed by atoms with Gasteiger partial charge in [-0.15, -0.1) is 0 Å². The molecule has 0 bridgehead atoms. The highest BCUT2D eigenvalue weighted by atomic mass is 79.9. The van der Waals surface area contributed by atoms with E-state index in [1.165, 1.54) is 11.6 Å². The van der Waals surface area contributed by atoms with Crippen molar-refractivity contribution < 1.29 is 14.3 Å². The molecular weight excluding hydrogens is 480 g/mol. The molecule has 33 heavy (non-hydrogen) atoms. The minimum atomic E-state index is -0.477. The lowest BCUT2D eigenvalue weighted by Crippen LogP contribution is -2.13. The number of nitriles is 1. The van der Waals surface area contributed by atoms with Crippen LogP contribution in [0, 0.1) is 25.2 Å². The first-order valence-corrected chi connectivity index (χ1v) is 11.3. The molecule has 0 heterocycles. The third-order valence-electron chi connectivity index (χ3n) is 4.82. The molecule has 0 atom stereocenters. The van der Waals surface area contributed by atoms with Gasteiger partial charge >= 0.3 is 0 Å². The van der Waals surface area contributed by atoms with E-state index in [9.17, 15) is 10.1 Å². The molecule has 1 amide bonds. The number of anilines is 1. The van der Waals surface area contributed by atoms with Crippen LogP contribution >= 0.6 is 15.9 Å². The van der Waals surface area contributed by atoms with Crippen LogP contribution in [0.15, 0.2) is 70.7 Å². The van der Waals surface area contributed by atoms with Crippen molar-refractivity contribution in [3.63, 3.8) is 0 Å². The van der Waals surface area contributed by atoms with Crippen molar-refractivity contribution in [1.82, 2.24) is 0 Å². The SMILES string of the molecule is CCOc1cc(/C=C(/C#N)C(=O)Nc2ccc(C)cc2)cc(Br)c1OCc1ccc(C)cc1. The highest BCUT2D eigenvalue weighted by Crippen LogP contribution is 2.38. The maximum Gasteiger partial charge on any atom is 0.266 e. The van der Waals surface area contributed by atoms with Gasteiger partial charge in [0.25, 0.3) is 5.91 Å². The van der Waals surface area contributed by atoms with E-state index >= 15 is 0 Å². The van der Waals surface area contributed by atoms with E-state index in [0.29, 0.717) is 40.4 Å². The summed E-state index contributed by atoms with van der Waals surface area (Å²) in [6.45, 7) is 6.72. The van der Waals surface area contributed by atoms with Crippen LogP contribution in [0.4, 0.5) is 5.69 Å². The average Bonchev–Trinajstić information content (AvgIpc) is 2.79. The lowest BCUT2D eigenvalue weighted by atomic mass is 10.1. The van der Waals surface area contributed by atoms with Crippen molar-refractivity contribution in [2.45, 2.75) is 27.4 Å². The summed E-state index contributed by atoms with van der Waals surface area (Å²) in [6, 6.07) is 21.0. The van der Waals surface area contributed by atoms with E-state index in [4.69, 9.17) is 9.47 Å². The Hall–Kier alpha value is -3.56. The molecule has 0 saturated heterocycles. The third-order valence-corrected chi connectivity index (χ3v) is 5.41. The molecule has 6 heteroatoms. The number of carbonyl (C=O) groups is 1. The first-order chi connectivity index (χ1) is 15.9. The molecule has 0 fully saturated rings. The van der Waals surface area contributed by atoms with Crippen molar-refractivity contribution in [3.8, 4) is 17.6 Å². The first kappa shape index (κ1) is 24.1. The van der Waals surface area contributed by atoms with E-state index in [1.54, 1.807) is 24.3 Å². The largest absolute Gasteiger partial charge is 0.490 e. The quantitative estimate of drug-likeness (QED) is 0.277. The lowest BCUT2D eigenvalue weighted by molar-refractivity contribution is -0.112. The molecule has 3 rings (SSSR count). The van der Waals surface area contributed by atoms with Crippen molar-refractivity contribution >= 4 is 33.6 Å². The summed E-state index contributed by atoms with van der Waals surface area (Å²) in [5.41, 5.74) is 4.57. The van der Waals surface area contributed by atoms with Crippen LogP contribution in [0.1, 0.15) is 29.2 Å². The molecule has 0 aliphatic rings. The van der Waals surface area contributed by atoms with Crippen LogP contribution in [-0.2, 0) is 11.4 Å². The number of nitrogens with zero attached hydrogens (tertiary/aromatic N) is 1. The van der Waals surface area contributed by atoms with E-state index in [0.717, 1.165) is 11.1 Å². The van der Waals surface area contributed by atoms with Gasteiger partial charge in [0.1, 0.15) is 18.2 Å². The first-order valence-electron chi connectivity index (χ1n) is 10.5. The molecular formula is C27H25BrN2O3. The monoisotopic (exact) mass is 504 g/mol. The fourth-order valence-electron chi connectivity index (χ4n) is 3.06. The number of benzene rings is 3. The van der Waals surface area contributed by atoms with Gasteiger partial charge in [0.05, 0.1) is 11.1 Å². The summed E-state index contributed by atoms with van der Waals surface area (Å²) >= 11 is 3.54. The summed E-state index contributed by atoms with van der Waals surface area (Å²) in [5, 5.41) is 12.3. The van der Waals surface area contributed by atoms with Gasteiger partial charge in [-0.3, -0.25) is 4.79 Å². The molecule has 0 spiro atoms. The van der Waals surface area contributed by atoms with Crippen LogP contribution < -0.4 is 14.8 Å². The molecule has 5 nitrogen and oxygen atoms in total. The predicted molar refractivity (Wildman–Crippen MR) is 134 cm³/mol. The predicted octanol–water partition coefficient (Wildman–Crippen LogP) is 6.59. The zero-order valence-electron chi connectivity index (χ0n) is 18.8. The fourth-order valence-corrected chi connectivity index (χ4v) is 3.64. The summed E-state index contributed by atoms with van der Waals surface area (Å²) in [5.74, 6) is 0.619. The number of amides is 1. The highest BCUT2D eigenvalue weighted by Gasteiger charge is 2.15. The number of hydrogen-bond acceptors (Lipinski definition) is 4. The Morgan fingerprint density at radius 3 is 2.27 bits per heavy atom. The second-order valence-corrected chi connectivity index (χ2v) is 8.38. The van der Waals surface area contributed by atoms with Gasteiger partial charge < -0.3 is 14.8 Å². The molecule has 0 unspecified atom stereocenters. The number of nitrogens with one attached hydrogen (secondary N) is 1. The van der Waals surface area contributed by atoms with E-state index in [1.807, 2.05) is 63.2 Å². The van der Waals surface area contributed by atoms with Crippen molar-refractivity contribution in [3.05, 3.63) is 93.0 Å². The van der Waals surface area contributed by atoms with E-state index < -0.39 is 5.91 Å². The second-order valence-electron chi connectivity index (χ2n) is 7.53. The zero-order valence-corrected chi connectivity index (χ0v) is 20.4. The summed E-state index contributed by atoms with van der Waals surface area (Å²) in [7, 11) is 0. The average molecular weight is 505 g/mol. The Bertz CT molecular complexity index is 1190. The smallest absolute Gasteiger partial charge is 0.266 e. The van der Waals surface area contributed by atoms with Gasteiger partial charge in [0.2, 0.25) is 0 Å². The molecule has 0 aliphatic carbocycles. The molecule has 0 aromatic heterocycles. The fraction of sp³-hybridized carbons (Fsp3) is 0.185. The highest BCUT2D eigenvalue weighted by molar-refractivity contribution is 9.10. The summed E-state index contributed by atoms with van der Waals surface area (Å²) in [4.78, 5) is 12.6. The third kappa shape index (κ3) is 6.71. The van der Waals surface area contributed by atoms with Crippen LogP contribution in [-0.4, -0.2) is 12.5 Å². The topological polar surface area (TPSA) is 71.3 Å². The number of rotatable bonds is 8. The molecule has 1 N–H and O–H groups in total. The maximum atomic E-state index is 12.6. The van der Waals surface area contributed by atoms with E-state index in [2.05, 4.69) is 21.2 Å². The van der Waals surface area contributed by atoms with Gasteiger partial charge in [0.15, 0.2) is 11.5 Å². The lowest BCUT2D eigenvalue weighted by Gasteiger charge is -2.15. The van der Waals surface area contributed by atoms with Crippen molar-refractivity contribution in [2.75, 3.05) is 11.9 Å². The number of halogens is 1. The molecule has 168 valence electrons. The van der Waals surface area contributed by atoms with Gasteiger partial charge in [-0.1, -0.05) is 47.5 Å². The second kappa shape index (κ2) is 11.3. The molecule has 0 radical (unpaired) electrons. The van der Waals surface area contributed by atoms with Crippen LogP contribution in [0.3, 0.4) is 0 Å². The van der Waals surface area contributed by atoms with Gasteiger partial charge in [0, 0.05) is 5.69 Å². The number of ether oxygens (including phenoxy) is 2. The van der Waals surface area contributed by atoms with Crippen LogP contribution in [0.25, 0.3) is 6.08 Å². The minimum absolute atomic E-state index is 0.0155. The Labute approximate surface area is 202 Å². The number of hydrogen-bond donors (Lipinski definition) is 1. The van der Waals surface area contributed by atoms with Crippen molar-refractivity contribution in [1.29, 1.82) is 5.26 Å². The molecule has 0 saturated carbocycles. The Morgan fingerprint density at radius 1 is 1.03 bits per heavy atom. The Kier molecular flexibility index (Phi) is 8.28. The van der Waals surface area contributed by atoms with Crippen LogP contribution in [0.2, 0.25) is 0 Å². The molecule has 3 aromatic carbocycles. The van der Waals surface area contributed by atoms with Gasteiger partial charge in [-0.05, 0) is 78.2 Å². The Morgan fingerprint density at radius 2 is 1.67 bits per heavy atom. The molecule has 0 aliphatic heterocycles. The summed E-state index contributed by atoms with van der Waals surface area (Å²) in [6.07, 6.45) is 1.53. The zero-order chi connectivity index (χ0) is 23.8. The van der Waals surface area contributed by atoms with Crippen molar-refractivity contribution in [2.24, 2.45) is 0 Å². The number of carbonyl (C=O) groups excluding carboxylic acids is 1. The Balaban J connectivity index is 1.83.